The molecule has 3 rings (SSSR count). The first kappa shape index (κ1) is 17.6. The summed E-state index contributed by atoms with van der Waals surface area (Å²) in [5, 5.41) is 9.70. The highest BCUT2D eigenvalue weighted by molar-refractivity contribution is 7.99. The third-order valence-corrected chi connectivity index (χ3v) is 4.91. The van der Waals surface area contributed by atoms with Crippen LogP contribution in [0.4, 0.5) is 0 Å². The molecule has 1 heterocycles. The van der Waals surface area contributed by atoms with E-state index >= 15 is 0 Å². The lowest BCUT2D eigenvalue weighted by Crippen LogP contribution is -2.03. The molecule has 0 atom stereocenters. The number of aromatic nitrogens is 3. The maximum absolute atomic E-state index is 6.21. The first-order valence-electron chi connectivity index (χ1n) is 7.74. The number of benzene rings is 2. The minimum atomic E-state index is 0.534. The summed E-state index contributed by atoms with van der Waals surface area (Å²) < 4.78 is 13.0. The van der Waals surface area contributed by atoms with Crippen molar-refractivity contribution in [2.45, 2.75) is 12.1 Å². The van der Waals surface area contributed by atoms with E-state index in [1.165, 1.54) is 0 Å². The van der Waals surface area contributed by atoms with Gasteiger partial charge in [-0.1, -0.05) is 41.6 Å². The van der Waals surface area contributed by atoms with E-state index < -0.39 is 0 Å². The molecule has 0 aliphatic carbocycles. The molecule has 0 saturated heterocycles. The molecule has 2 aromatic carbocycles. The summed E-state index contributed by atoms with van der Waals surface area (Å²) in [5.74, 6) is 2.19. The molecule has 0 radical (unpaired) electrons. The second-order valence-corrected chi connectivity index (χ2v) is 6.73. The SMILES string of the molecule is COc1ccccc1OCCSc1nncn1-c1ccc(C)c(Cl)c1. The molecule has 0 saturated carbocycles. The highest BCUT2D eigenvalue weighted by Crippen LogP contribution is 2.27. The Morgan fingerprint density at radius 1 is 1.16 bits per heavy atom. The van der Waals surface area contributed by atoms with Gasteiger partial charge in [-0.3, -0.25) is 4.57 Å². The normalized spacial score (nSPS) is 10.7. The second kappa shape index (κ2) is 8.27. The van der Waals surface area contributed by atoms with Gasteiger partial charge in [0.15, 0.2) is 16.7 Å². The Morgan fingerprint density at radius 2 is 1.96 bits per heavy atom. The Labute approximate surface area is 155 Å². The Hall–Kier alpha value is -2.18. The lowest BCUT2D eigenvalue weighted by atomic mass is 10.2. The third-order valence-electron chi connectivity index (χ3n) is 3.59. The molecule has 0 fully saturated rings. The van der Waals surface area contributed by atoms with Crippen LogP contribution in [0.1, 0.15) is 5.56 Å². The van der Waals surface area contributed by atoms with Crippen LogP contribution in [0.2, 0.25) is 5.02 Å². The monoisotopic (exact) mass is 375 g/mol. The summed E-state index contributed by atoms with van der Waals surface area (Å²) in [5.41, 5.74) is 1.98. The van der Waals surface area contributed by atoms with Gasteiger partial charge in [0.2, 0.25) is 0 Å². The smallest absolute Gasteiger partial charge is 0.195 e. The third kappa shape index (κ3) is 4.27. The highest BCUT2D eigenvalue weighted by Gasteiger charge is 2.09. The van der Waals surface area contributed by atoms with Gasteiger partial charge in [0.1, 0.15) is 6.33 Å². The number of nitrogens with zero attached hydrogens (tertiary/aromatic N) is 3. The van der Waals surface area contributed by atoms with E-state index in [0.717, 1.165) is 38.7 Å². The predicted molar refractivity (Wildman–Crippen MR) is 100 cm³/mol. The van der Waals surface area contributed by atoms with E-state index in [0.29, 0.717) is 6.61 Å². The summed E-state index contributed by atoms with van der Waals surface area (Å²) >= 11 is 7.79. The van der Waals surface area contributed by atoms with E-state index in [2.05, 4.69) is 10.2 Å². The van der Waals surface area contributed by atoms with Crippen molar-refractivity contribution in [1.82, 2.24) is 14.8 Å². The van der Waals surface area contributed by atoms with Crippen LogP contribution in [-0.4, -0.2) is 34.2 Å². The van der Waals surface area contributed by atoms with Crippen molar-refractivity contribution in [2.75, 3.05) is 19.5 Å². The van der Waals surface area contributed by atoms with Crippen LogP contribution in [-0.2, 0) is 0 Å². The van der Waals surface area contributed by atoms with Crippen molar-refractivity contribution in [2.24, 2.45) is 0 Å². The predicted octanol–water partition coefficient (Wildman–Crippen LogP) is 4.41. The number of aryl methyl sites for hydroxylation is 1. The van der Waals surface area contributed by atoms with Gasteiger partial charge < -0.3 is 9.47 Å². The van der Waals surface area contributed by atoms with Crippen LogP contribution in [0, 0.1) is 6.92 Å². The van der Waals surface area contributed by atoms with Crippen molar-refractivity contribution in [3.8, 4) is 17.2 Å². The molecule has 3 aromatic rings. The van der Waals surface area contributed by atoms with Crippen LogP contribution in [0.3, 0.4) is 0 Å². The molecule has 0 aliphatic rings. The Balaban J connectivity index is 1.61. The number of para-hydroxylation sites is 2. The molecule has 0 aliphatic heterocycles. The zero-order valence-electron chi connectivity index (χ0n) is 14.0. The number of ether oxygens (including phenoxy) is 2. The highest BCUT2D eigenvalue weighted by atomic mass is 35.5. The van der Waals surface area contributed by atoms with Crippen LogP contribution in [0.5, 0.6) is 11.5 Å². The zero-order chi connectivity index (χ0) is 17.6. The maximum atomic E-state index is 6.21. The van der Waals surface area contributed by atoms with E-state index in [-0.39, 0.29) is 0 Å². The Bertz CT molecular complexity index is 854. The molecule has 25 heavy (non-hydrogen) atoms. The van der Waals surface area contributed by atoms with E-state index in [9.17, 15) is 0 Å². The van der Waals surface area contributed by atoms with Crippen molar-refractivity contribution in [3.63, 3.8) is 0 Å². The lowest BCUT2D eigenvalue weighted by molar-refractivity contribution is 0.313. The van der Waals surface area contributed by atoms with Gasteiger partial charge in [-0.05, 0) is 36.8 Å². The Morgan fingerprint density at radius 3 is 2.72 bits per heavy atom. The topological polar surface area (TPSA) is 49.2 Å². The first-order chi connectivity index (χ1) is 12.2. The van der Waals surface area contributed by atoms with Crippen LogP contribution >= 0.6 is 23.4 Å². The molecular weight excluding hydrogens is 358 g/mol. The van der Waals surface area contributed by atoms with Gasteiger partial charge in [-0.25, -0.2) is 0 Å². The van der Waals surface area contributed by atoms with E-state index in [4.69, 9.17) is 21.1 Å². The average Bonchev–Trinajstić information content (AvgIpc) is 3.10. The van der Waals surface area contributed by atoms with Crippen molar-refractivity contribution in [1.29, 1.82) is 0 Å². The zero-order valence-corrected chi connectivity index (χ0v) is 15.5. The average molecular weight is 376 g/mol. The molecule has 0 spiro atoms. The van der Waals surface area contributed by atoms with Crippen LogP contribution in [0.15, 0.2) is 53.9 Å². The minimum Gasteiger partial charge on any atom is -0.493 e. The van der Waals surface area contributed by atoms with Gasteiger partial charge >= 0.3 is 0 Å². The number of thioether (sulfide) groups is 1. The maximum Gasteiger partial charge on any atom is 0.195 e. The molecule has 0 bridgehead atoms. The lowest BCUT2D eigenvalue weighted by Gasteiger charge is -2.10. The van der Waals surface area contributed by atoms with Gasteiger partial charge in [0, 0.05) is 10.8 Å². The fourth-order valence-corrected chi connectivity index (χ4v) is 3.17. The molecule has 0 N–H and O–H groups in total. The quantitative estimate of drug-likeness (QED) is 0.452. The number of rotatable bonds is 7. The number of hydrogen-bond donors (Lipinski definition) is 0. The van der Waals surface area contributed by atoms with Crippen molar-refractivity contribution < 1.29 is 9.47 Å². The standard InChI is InChI=1S/C18H18ClN3O2S/c1-13-7-8-14(11-15(13)19)22-12-20-21-18(22)25-10-9-24-17-6-4-3-5-16(17)23-2/h3-8,11-12H,9-10H2,1-2H3. The van der Waals surface area contributed by atoms with Crippen molar-refractivity contribution in [3.05, 3.63) is 59.4 Å². The fraction of sp³-hybridized carbons (Fsp3) is 0.222. The number of halogens is 1. The first-order valence-corrected chi connectivity index (χ1v) is 9.10. The molecule has 5 nitrogen and oxygen atoms in total. The number of methoxy groups -OCH3 is 1. The van der Waals surface area contributed by atoms with Gasteiger partial charge in [0.05, 0.1) is 19.4 Å². The Kier molecular flexibility index (Phi) is 5.83. The van der Waals surface area contributed by atoms with Crippen molar-refractivity contribution >= 4 is 23.4 Å². The molecule has 1 aromatic heterocycles. The second-order valence-electron chi connectivity index (χ2n) is 5.26. The van der Waals surface area contributed by atoms with E-state index in [1.807, 2.05) is 54.0 Å². The molecule has 130 valence electrons. The summed E-state index contributed by atoms with van der Waals surface area (Å²) in [6.07, 6.45) is 1.68. The van der Waals surface area contributed by atoms with Gasteiger partial charge in [-0.15, -0.1) is 10.2 Å². The van der Waals surface area contributed by atoms with E-state index in [1.54, 1.807) is 25.2 Å². The molecule has 7 heteroatoms. The summed E-state index contributed by atoms with van der Waals surface area (Å²) in [6.45, 7) is 2.51. The van der Waals surface area contributed by atoms with Gasteiger partial charge in [-0.2, -0.15) is 0 Å². The molecular formula is C18H18ClN3O2S. The summed E-state index contributed by atoms with van der Waals surface area (Å²) in [6, 6.07) is 13.5. The van der Waals surface area contributed by atoms with Crippen LogP contribution < -0.4 is 9.47 Å². The largest absolute Gasteiger partial charge is 0.493 e. The minimum absolute atomic E-state index is 0.534. The molecule has 0 amide bonds. The fourth-order valence-electron chi connectivity index (χ4n) is 2.25. The van der Waals surface area contributed by atoms with Gasteiger partial charge in [0.25, 0.3) is 0 Å². The number of hydrogen-bond acceptors (Lipinski definition) is 5. The summed E-state index contributed by atoms with van der Waals surface area (Å²) in [7, 11) is 1.63. The molecule has 0 unspecified atom stereocenters. The van der Waals surface area contributed by atoms with Crippen LogP contribution in [0.25, 0.3) is 5.69 Å². The summed E-state index contributed by atoms with van der Waals surface area (Å²) in [4.78, 5) is 0.